The summed E-state index contributed by atoms with van der Waals surface area (Å²) in [4.78, 5) is 15.6. The summed E-state index contributed by atoms with van der Waals surface area (Å²) in [6, 6.07) is 14.3. The third kappa shape index (κ3) is 4.81. The number of nitrogens with one attached hydrogen (secondary N) is 1. The molecule has 7 heteroatoms. The first-order valence-corrected chi connectivity index (χ1v) is 13.9. The van der Waals surface area contributed by atoms with Gasteiger partial charge in [0, 0.05) is 42.7 Å². The summed E-state index contributed by atoms with van der Waals surface area (Å²) in [6.45, 7) is 2.71. The number of piperidine rings is 1. The van der Waals surface area contributed by atoms with Crippen molar-refractivity contribution in [1.29, 1.82) is 0 Å². The van der Waals surface area contributed by atoms with Crippen molar-refractivity contribution < 1.29 is 14.8 Å². The molecule has 5 N–H and O–H groups in total. The summed E-state index contributed by atoms with van der Waals surface area (Å²) < 4.78 is 0. The number of anilines is 1. The number of hydrogen-bond acceptors (Lipinski definition) is 5. The second kappa shape index (κ2) is 11.0. The number of carbonyl (C=O) groups excluding carboxylic acids is 1. The first-order valence-electron chi connectivity index (χ1n) is 13.9. The molecule has 0 spiro atoms. The fraction of sp³-hybridized carbons (Fsp3) is 0.552. The van der Waals surface area contributed by atoms with E-state index in [1.54, 1.807) is 0 Å². The molecule has 6 nitrogen and oxygen atoms in total. The van der Waals surface area contributed by atoms with Crippen LogP contribution < -0.4 is 11.1 Å². The number of likely N-dealkylation sites (tertiary alicyclic amines) is 1. The van der Waals surface area contributed by atoms with Crippen LogP contribution in [0.15, 0.2) is 42.5 Å². The van der Waals surface area contributed by atoms with Crippen LogP contribution in [0.1, 0.15) is 90.8 Å². The van der Waals surface area contributed by atoms with E-state index < -0.39 is 12.4 Å². The Morgan fingerprint density at radius 2 is 1.78 bits per heavy atom. The number of amides is 1. The monoisotopic (exact) mass is 489 g/mol. The fourth-order valence-corrected chi connectivity index (χ4v) is 7.03. The molecule has 1 amide bonds. The fourth-order valence-electron chi connectivity index (χ4n) is 7.03. The summed E-state index contributed by atoms with van der Waals surface area (Å²) in [7, 11) is -1.44. The molecule has 2 aromatic rings. The van der Waals surface area contributed by atoms with Gasteiger partial charge in [0.2, 0.25) is 0 Å². The molecule has 1 aliphatic carbocycles. The molecule has 2 heterocycles. The van der Waals surface area contributed by atoms with Gasteiger partial charge in [-0.05, 0) is 66.0 Å². The lowest BCUT2D eigenvalue weighted by Crippen LogP contribution is -2.53. The van der Waals surface area contributed by atoms with Crippen molar-refractivity contribution in [2.75, 3.05) is 25.0 Å². The van der Waals surface area contributed by atoms with E-state index in [9.17, 15) is 14.8 Å². The molecule has 1 saturated carbocycles. The summed E-state index contributed by atoms with van der Waals surface area (Å²) in [6.07, 6.45) is 9.25. The maximum Gasteiger partial charge on any atom is 0.463 e. The molecule has 0 radical (unpaired) electrons. The molecule has 1 saturated heterocycles. The summed E-state index contributed by atoms with van der Waals surface area (Å²) in [5.41, 5.74) is 10.8. The molecule has 2 aliphatic heterocycles. The van der Waals surface area contributed by atoms with Gasteiger partial charge in [0.15, 0.2) is 0 Å². The van der Waals surface area contributed by atoms with Crippen LogP contribution in [0.3, 0.4) is 0 Å². The molecule has 0 aromatic heterocycles. The maximum absolute atomic E-state index is 13.6. The van der Waals surface area contributed by atoms with Crippen LogP contribution >= 0.6 is 0 Å². The van der Waals surface area contributed by atoms with Crippen LogP contribution in [0, 0.1) is 5.92 Å². The van der Waals surface area contributed by atoms with Crippen LogP contribution in [-0.2, 0) is 11.9 Å². The quantitative estimate of drug-likeness (QED) is 0.373. The standard InChI is InChI=1S/C29H40BN3O3/c31-20-21-6-5-7-23(18-21)22-12-16-33(17-13-22)28(34)24-10-11-27-26(19-24)29(30(35)36,14-15-32-27)25-8-3-1-2-4-9-25/h5-7,10-11,18-19,22,25,32,35-36H,1-4,8-9,12-17,20,31H2. The number of carbonyl (C=O) groups is 1. The van der Waals surface area contributed by atoms with Crippen LogP contribution in [0.4, 0.5) is 5.69 Å². The lowest BCUT2D eigenvalue weighted by atomic mass is 9.45. The first kappa shape index (κ1) is 25.3. The highest BCUT2D eigenvalue weighted by atomic mass is 16.4. The van der Waals surface area contributed by atoms with Gasteiger partial charge in [-0.2, -0.15) is 0 Å². The Morgan fingerprint density at radius 1 is 1.03 bits per heavy atom. The number of benzene rings is 2. The zero-order valence-electron chi connectivity index (χ0n) is 21.3. The Labute approximate surface area is 215 Å². The zero-order valence-corrected chi connectivity index (χ0v) is 21.3. The van der Waals surface area contributed by atoms with E-state index in [4.69, 9.17) is 5.73 Å². The Morgan fingerprint density at radius 3 is 2.47 bits per heavy atom. The van der Waals surface area contributed by atoms with Crippen molar-refractivity contribution in [3.63, 3.8) is 0 Å². The molecule has 5 rings (SSSR count). The van der Waals surface area contributed by atoms with Crippen LogP contribution in [0.5, 0.6) is 0 Å². The molecule has 0 bridgehead atoms. The predicted octanol–water partition coefficient (Wildman–Crippen LogP) is 4.20. The predicted molar refractivity (Wildman–Crippen MR) is 145 cm³/mol. The normalized spacial score (nSPS) is 23.5. The van der Waals surface area contributed by atoms with Crippen LogP contribution in [0.25, 0.3) is 0 Å². The Bertz CT molecular complexity index is 1060. The first-order chi connectivity index (χ1) is 17.5. The molecule has 1 atom stereocenters. The van der Waals surface area contributed by atoms with E-state index in [0.29, 0.717) is 31.0 Å². The molecule has 2 aromatic carbocycles. The van der Waals surface area contributed by atoms with Gasteiger partial charge in [0.05, 0.1) is 0 Å². The molecule has 2 fully saturated rings. The van der Waals surface area contributed by atoms with Gasteiger partial charge in [-0.15, -0.1) is 0 Å². The smallest absolute Gasteiger partial charge is 0.426 e. The molecule has 36 heavy (non-hydrogen) atoms. The van der Waals surface area contributed by atoms with E-state index in [1.165, 1.54) is 18.4 Å². The van der Waals surface area contributed by atoms with Crippen molar-refractivity contribution in [2.24, 2.45) is 11.7 Å². The Balaban J connectivity index is 1.36. The average molecular weight is 489 g/mol. The second-order valence-corrected chi connectivity index (χ2v) is 11.1. The zero-order chi connectivity index (χ0) is 25.1. The SMILES string of the molecule is NCc1cccc(C2CCN(C(=O)c3ccc4c(c3)C(B(O)O)(C3CCCCCC3)CCN4)CC2)c1. The number of nitrogens with two attached hydrogens (primary N) is 1. The Hall–Kier alpha value is -2.35. The maximum atomic E-state index is 13.6. The highest BCUT2D eigenvalue weighted by Gasteiger charge is 2.51. The minimum absolute atomic E-state index is 0.0414. The van der Waals surface area contributed by atoms with E-state index in [2.05, 4.69) is 29.6 Å². The van der Waals surface area contributed by atoms with Crippen molar-refractivity contribution >= 4 is 18.7 Å². The topological polar surface area (TPSA) is 98.8 Å². The number of nitrogens with zero attached hydrogens (tertiary/aromatic N) is 1. The average Bonchev–Trinajstić information content (AvgIpc) is 3.22. The minimum atomic E-state index is -1.44. The summed E-state index contributed by atoms with van der Waals surface area (Å²) >= 11 is 0. The third-order valence-electron chi connectivity index (χ3n) is 9.11. The lowest BCUT2D eigenvalue weighted by molar-refractivity contribution is 0.0712. The second-order valence-electron chi connectivity index (χ2n) is 11.1. The van der Waals surface area contributed by atoms with E-state index in [0.717, 1.165) is 68.4 Å². The highest BCUT2D eigenvalue weighted by Crippen LogP contribution is 2.48. The minimum Gasteiger partial charge on any atom is -0.426 e. The largest absolute Gasteiger partial charge is 0.463 e. The number of hydrogen-bond donors (Lipinski definition) is 4. The van der Waals surface area contributed by atoms with Crippen molar-refractivity contribution in [3.05, 3.63) is 64.7 Å². The molecular weight excluding hydrogens is 449 g/mol. The van der Waals surface area contributed by atoms with E-state index in [1.807, 2.05) is 23.1 Å². The van der Waals surface area contributed by atoms with Crippen LogP contribution in [-0.4, -0.2) is 47.6 Å². The highest BCUT2D eigenvalue weighted by molar-refractivity contribution is 6.46. The van der Waals surface area contributed by atoms with E-state index in [-0.39, 0.29) is 11.8 Å². The Kier molecular flexibility index (Phi) is 7.70. The molecule has 3 aliphatic rings. The van der Waals surface area contributed by atoms with Crippen molar-refractivity contribution in [3.8, 4) is 0 Å². The van der Waals surface area contributed by atoms with Gasteiger partial charge in [-0.1, -0.05) is 62.8 Å². The van der Waals surface area contributed by atoms with Gasteiger partial charge in [0.25, 0.3) is 5.91 Å². The molecular formula is C29H40BN3O3. The van der Waals surface area contributed by atoms with Gasteiger partial charge >= 0.3 is 7.12 Å². The third-order valence-corrected chi connectivity index (χ3v) is 9.11. The lowest BCUT2D eigenvalue weighted by Gasteiger charge is -2.45. The van der Waals surface area contributed by atoms with Gasteiger partial charge in [-0.25, -0.2) is 0 Å². The number of rotatable bonds is 5. The van der Waals surface area contributed by atoms with E-state index >= 15 is 0 Å². The summed E-state index contributed by atoms with van der Waals surface area (Å²) in [5.74, 6) is 0.701. The van der Waals surface area contributed by atoms with Crippen molar-refractivity contribution in [1.82, 2.24) is 4.90 Å². The molecule has 1 unspecified atom stereocenters. The number of fused-ring (bicyclic) bond motifs is 1. The summed E-state index contributed by atoms with van der Waals surface area (Å²) in [5, 5.41) is 24.3. The van der Waals surface area contributed by atoms with Crippen molar-refractivity contribution in [2.45, 2.75) is 75.6 Å². The van der Waals surface area contributed by atoms with Gasteiger partial charge in [-0.3, -0.25) is 4.79 Å². The van der Waals surface area contributed by atoms with Gasteiger partial charge in [0.1, 0.15) is 0 Å². The molecule has 192 valence electrons. The van der Waals surface area contributed by atoms with Gasteiger partial charge < -0.3 is 26.0 Å². The van der Waals surface area contributed by atoms with Crippen LogP contribution in [0.2, 0.25) is 0 Å².